The Labute approximate surface area is 215 Å². The van der Waals surface area contributed by atoms with E-state index in [2.05, 4.69) is 49.4 Å². The van der Waals surface area contributed by atoms with Crippen LogP contribution >= 0.6 is 0 Å². The van der Waals surface area contributed by atoms with E-state index in [0.717, 1.165) is 11.3 Å². The molecule has 0 spiro atoms. The second-order valence-electron chi connectivity index (χ2n) is 11.5. The third-order valence-electron chi connectivity index (χ3n) is 6.32. The summed E-state index contributed by atoms with van der Waals surface area (Å²) in [6.45, 7) is 17.6. The molecule has 0 aliphatic carbocycles. The maximum atomic E-state index is 12.7. The van der Waals surface area contributed by atoms with Gasteiger partial charge < -0.3 is 19.2 Å². The van der Waals surface area contributed by atoms with Gasteiger partial charge >= 0.3 is 6.09 Å². The van der Waals surface area contributed by atoms with Crippen LogP contribution in [0, 0.1) is 0 Å². The zero-order valence-corrected chi connectivity index (χ0v) is 23.8. The number of rotatable bonds is 9. The third kappa shape index (κ3) is 7.38. The monoisotopic (exact) mass is 512 g/mol. The highest BCUT2D eigenvalue weighted by molar-refractivity contribution is 6.74. The molecule has 1 atom stereocenters. The minimum absolute atomic E-state index is 0.0863. The van der Waals surface area contributed by atoms with E-state index in [4.69, 9.17) is 13.9 Å². The Morgan fingerprint density at radius 1 is 0.972 bits per heavy atom. The number of ether oxygens (including phenoxy) is 2. The van der Waals surface area contributed by atoms with E-state index < -0.39 is 26.1 Å². The minimum Gasteiger partial charge on any atom is -0.444 e. The molecule has 0 aliphatic rings. The largest absolute Gasteiger partial charge is 0.444 e. The number of benzene rings is 1. The number of hydrogen-bond acceptors (Lipinski definition) is 6. The van der Waals surface area contributed by atoms with E-state index in [0.29, 0.717) is 24.7 Å². The summed E-state index contributed by atoms with van der Waals surface area (Å²) in [7, 11) is -1.98. The van der Waals surface area contributed by atoms with Gasteiger partial charge in [0, 0.05) is 0 Å². The molecule has 0 fully saturated rings. The van der Waals surface area contributed by atoms with Gasteiger partial charge in [-0.15, -0.1) is 10.2 Å². The highest BCUT2D eigenvalue weighted by Gasteiger charge is 2.37. The molecular formula is C27H40N4O4Si. The number of amides is 1. The SMILES string of the molecule is CC(C)(C)OC(=O)N[C@@H](COCc1ccccc1)c1nnc2cccc(CO[Si](C)(C)C(C)(C)C)n12. The van der Waals surface area contributed by atoms with E-state index >= 15 is 0 Å². The van der Waals surface area contributed by atoms with E-state index in [-0.39, 0.29) is 11.6 Å². The lowest BCUT2D eigenvalue weighted by molar-refractivity contribution is 0.0419. The molecule has 1 amide bonds. The van der Waals surface area contributed by atoms with Crippen LogP contribution in [0.5, 0.6) is 0 Å². The number of pyridine rings is 1. The average Bonchev–Trinajstić information content (AvgIpc) is 3.20. The van der Waals surface area contributed by atoms with Gasteiger partial charge in [0.2, 0.25) is 0 Å². The molecule has 1 aromatic carbocycles. The zero-order valence-electron chi connectivity index (χ0n) is 22.8. The molecule has 36 heavy (non-hydrogen) atoms. The van der Waals surface area contributed by atoms with Gasteiger partial charge in [-0.3, -0.25) is 4.40 Å². The molecule has 0 radical (unpaired) electrons. The van der Waals surface area contributed by atoms with Crippen LogP contribution in [0.2, 0.25) is 18.1 Å². The first-order valence-corrected chi connectivity index (χ1v) is 15.3. The fraction of sp³-hybridized carbons (Fsp3) is 0.519. The molecule has 196 valence electrons. The fourth-order valence-corrected chi connectivity index (χ4v) is 4.28. The zero-order chi connectivity index (χ0) is 26.6. The Morgan fingerprint density at radius 3 is 2.31 bits per heavy atom. The van der Waals surface area contributed by atoms with Crippen molar-refractivity contribution in [1.29, 1.82) is 0 Å². The fourth-order valence-electron chi connectivity index (χ4n) is 3.34. The van der Waals surface area contributed by atoms with Gasteiger partial charge in [0.25, 0.3) is 0 Å². The van der Waals surface area contributed by atoms with Crippen molar-refractivity contribution in [3.05, 3.63) is 65.6 Å². The van der Waals surface area contributed by atoms with Gasteiger partial charge in [0.1, 0.15) is 11.6 Å². The van der Waals surface area contributed by atoms with Crippen LogP contribution in [-0.2, 0) is 27.1 Å². The van der Waals surface area contributed by atoms with Crippen LogP contribution in [-0.4, -0.2) is 41.2 Å². The summed E-state index contributed by atoms with van der Waals surface area (Å²) in [5.74, 6) is 0.568. The summed E-state index contributed by atoms with van der Waals surface area (Å²) in [6.07, 6.45) is -0.539. The Morgan fingerprint density at radius 2 is 1.67 bits per heavy atom. The highest BCUT2D eigenvalue weighted by Crippen LogP contribution is 2.37. The van der Waals surface area contributed by atoms with Crippen LogP contribution < -0.4 is 5.32 Å². The lowest BCUT2D eigenvalue weighted by Crippen LogP contribution is -2.40. The summed E-state index contributed by atoms with van der Waals surface area (Å²) in [6, 6.07) is 15.2. The second-order valence-corrected chi connectivity index (χ2v) is 16.3. The quantitative estimate of drug-likeness (QED) is 0.352. The van der Waals surface area contributed by atoms with Crippen molar-refractivity contribution in [2.45, 2.75) is 84.5 Å². The first kappa shape index (κ1) is 27.8. The molecule has 9 heteroatoms. The molecular weight excluding hydrogens is 472 g/mol. The number of nitrogens with zero attached hydrogens (tertiary/aromatic N) is 3. The van der Waals surface area contributed by atoms with Gasteiger partial charge in [-0.2, -0.15) is 0 Å². The predicted molar refractivity (Wildman–Crippen MR) is 143 cm³/mol. The molecule has 0 saturated carbocycles. The van der Waals surface area contributed by atoms with Crippen LogP contribution in [0.25, 0.3) is 5.65 Å². The van der Waals surface area contributed by atoms with Crippen molar-refractivity contribution in [3.8, 4) is 0 Å². The maximum absolute atomic E-state index is 12.7. The molecule has 2 aromatic heterocycles. The average molecular weight is 513 g/mol. The summed E-state index contributed by atoms with van der Waals surface area (Å²) < 4.78 is 20.0. The van der Waals surface area contributed by atoms with Crippen molar-refractivity contribution in [2.24, 2.45) is 0 Å². The van der Waals surface area contributed by atoms with Crippen LogP contribution in [0.4, 0.5) is 4.79 Å². The Bertz CT molecular complexity index is 1150. The molecule has 3 aromatic rings. The number of alkyl carbamates (subject to hydrolysis) is 1. The topological polar surface area (TPSA) is 87.0 Å². The smallest absolute Gasteiger partial charge is 0.408 e. The number of fused-ring (bicyclic) bond motifs is 1. The van der Waals surface area contributed by atoms with E-state index in [9.17, 15) is 4.79 Å². The van der Waals surface area contributed by atoms with Gasteiger partial charge in [0.05, 0.1) is 25.5 Å². The Kier molecular flexibility index (Phi) is 8.58. The summed E-state index contributed by atoms with van der Waals surface area (Å²) in [5.41, 5.74) is 2.01. The van der Waals surface area contributed by atoms with Crippen molar-refractivity contribution in [3.63, 3.8) is 0 Å². The molecule has 0 aliphatic heterocycles. The molecule has 0 saturated heterocycles. The highest BCUT2D eigenvalue weighted by atomic mass is 28.4. The molecule has 0 unspecified atom stereocenters. The van der Waals surface area contributed by atoms with E-state index in [1.165, 1.54) is 0 Å². The van der Waals surface area contributed by atoms with Crippen molar-refractivity contribution >= 4 is 20.1 Å². The Balaban J connectivity index is 1.89. The van der Waals surface area contributed by atoms with Crippen molar-refractivity contribution in [2.75, 3.05) is 6.61 Å². The second kappa shape index (κ2) is 11.1. The lowest BCUT2D eigenvalue weighted by atomic mass is 10.2. The number of carbonyl (C=O) groups is 1. The van der Waals surface area contributed by atoms with Crippen molar-refractivity contribution in [1.82, 2.24) is 19.9 Å². The first-order chi connectivity index (χ1) is 16.8. The third-order valence-corrected chi connectivity index (χ3v) is 10.8. The van der Waals surface area contributed by atoms with Crippen LogP contribution in [0.15, 0.2) is 48.5 Å². The summed E-state index contributed by atoms with van der Waals surface area (Å²) in [4.78, 5) is 12.7. The summed E-state index contributed by atoms with van der Waals surface area (Å²) in [5, 5.41) is 11.8. The van der Waals surface area contributed by atoms with E-state index in [1.807, 2.05) is 73.7 Å². The van der Waals surface area contributed by atoms with Crippen molar-refractivity contribution < 1.29 is 18.7 Å². The normalized spacial score (nSPS) is 13.6. The molecule has 0 bridgehead atoms. The molecule has 8 nitrogen and oxygen atoms in total. The predicted octanol–water partition coefficient (Wildman–Crippen LogP) is 6.03. The maximum Gasteiger partial charge on any atom is 0.408 e. The van der Waals surface area contributed by atoms with E-state index in [1.54, 1.807) is 0 Å². The first-order valence-electron chi connectivity index (χ1n) is 12.3. The Hall–Kier alpha value is -2.75. The van der Waals surface area contributed by atoms with Crippen LogP contribution in [0.3, 0.4) is 0 Å². The summed E-state index contributed by atoms with van der Waals surface area (Å²) >= 11 is 0. The number of nitrogens with one attached hydrogen (secondary N) is 1. The number of carbonyl (C=O) groups excluding carboxylic acids is 1. The lowest BCUT2D eigenvalue weighted by Gasteiger charge is -2.36. The van der Waals surface area contributed by atoms with Gasteiger partial charge in [-0.1, -0.05) is 57.2 Å². The number of aromatic nitrogens is 3. The van der Waals surface area contributed by atoms with Gasteiger partial charge in [-0.25, -0.2) is 4.79 Å². The minimum atomic E-state index is -1.98. The standard InChI is InChI=1S/C27H40N4O4Si/c1-26(2,3)35-25(32)28-22(19-33-17-20-13-10-9-11-14-20)24-30-29-23-16-12-15-21(31(23)24)18-34-36(7,8)27(4,5)6/h9-16,22H,17-19H2,1-8H3,(H,28,32)/t22-/m0/s1. The number of hydrogen-bond donors (Lipinski definition) is 1. The molecule has 2 heterocycles. The molecule has 1 N–H and O–H groups in total. The van der Waals surface area contributed by atoms with Gasteiger partial charge in [-0.05, 0) is 56.6 Å². The van der Waals surface area contributed by atoms with Gasteiger partial charge in [0.15, 0.2) is 19.8 Å². The van der Waals surface area contributed by atoms with Crippen LogP contribution in [0.1, 0.15) is 64.7 Å². The molecule has 3 rings (SSSR count).